The Hall–Kier alpha value is -2.81. The number of alkyl halides is 1. The van der Waals surface area contributed by atoms with Gasteiger partial charge in [-0.3, -0.25) is 14.6 Å². The van der Waals surface area contributed by atoms with Gasteiger partial charge in [0.2, 0.25) is 0 Å². The predicted molar refractivity (Wildman–Crippen MR) is 138 cm³/mol. The van der Waals surface area contributed by atoms with Gasteiger partial charge in [-0.15, -0.1) is 0 Å². The zero-order valence-corrected chi connectivity index (χ0v) is 21.5. The molecule has 34 heavy (non-hydrogen) atoms. The molecule has 0 N–H and O–H groups in total. The molecule has 3 rings (SSSR count). The van der Waals surface area contributed by atoms with Gasteiger partial charge in [-0.05, 0) is 23.3 Å². The van der Waals surface area contributed by atoms with Gasteiger partial charge in [0.05, 0.1) is 18.0 Å². The zero-order valence-electron chi connectivity index (χ0n) is 19.3. The van der Waals surface area contributed by atoms with E-state index < -0.39 is 0 Å². The molecule has 0 fully saturated rings. The molecule has 0 amide bonds. The maximum atomic E-state index is 12.7. The Labute approximate surface area is 213 Å². The lowest BCUT2D eigenvalue weighted by atomic mass is 10.1. The van der Waals surface area contributed by atoms with E-state index in [4.69, 9.17) is 9.47 Å². The van der Waals surface area contributed by atoms with Crippen LogP contribution in [-0.2, 0) is 38.7 Å². The van der Waals surface area contributed by atoms with Crippen LogP contribution in [0.1, 0.15) is 30.7 Å². The van der Waals surface area contributed by atoms with Gasteiger partial charge in [-0.2, -0.15) is 0 Å². The van der Waals surface area contributed by atoms with Gasteiger partial charge in [0.25, 0.3) is 0 Å². The Morgan fingerprint density at radius 1 is 0.824 bits per heavy atom. The fourth-order valence-corrected chi connectivity index (χ4v) is 3.09. The zero-order chi connectivity index (χ0) is 24.8. The lowest BCUT2D eigenvalue weighted by Crippen LogP contribution is -2.17. The van der Waals surface area contributed by atoms with Crippen LogP contribution in [0.2, 0.25) is 0 Å². The highest BCUT2D eigenvalue weighted by Gasteiger charge is 2.16. The normalized spacial score (nSPS) is 12.0. The van der Waals surface area contributed by atoms with Crippen molar-refractivity contribution >= 4 is 34.5 Å². The third-order valence-electron chi connectivity index (χ3n) is 4.79. The van der Waals surface area contributed by atoms with Crippen LogP contribution in [0.15, 0.2) is 79.0 Å². The summed E-state index contributed by atoms with van der Waals surface area (Å²) in [6.07, 6.45) is 1.59. The monoisotopic (exact) mass is 577 g/mol. The first-order valence-corrected chi connectivity index (χ1v) is 12.5. The molecule has 0 radical (unpaired) electrons. The van der Waals surface area contributed by atoms with E-state index in [0.717, 1.165) is 21.8 Å². The van der Waals surface area contributed by atoms with E-state index in [1.807, 2.05) is 67.6 Å². The van der Waals surface area contributed by atoms with Gasteiger partial charge in [0, 0.05) is 16.5 Å². The van der Waals surface area contributed by atoms with Crippen molar-refractivity contribution in [1.82, 2.24) is 4.98 Å². The van der Waals surface area contributed by atoms with Crippen molar-refractivity contribution < 1.29 is 23.5 Å². The third kappa shape index (κ3) is 10.4. The Kier molecular flexibility index (Phi) is 12.2. The number of carbonyl (C=O) groups is 2. The van der Waals surface area contributed by atoms with Crippen LogP contribution in [0.4, 0.5) is 4.39 Å². The smallest absolute Gasteiger partial charge is 0.309 e. The SMILES string of the molecule is C[C@@H](CI)C(=O)OCc1ccccc1.C[C@@H](Cc1ccc(F)cn1)C(=O)OCc1ccccc1. The number of hydrogen-bond acceptors (Lipinski definition) is 5. The van der Waals surface area contributed by atoms with E-state index in [-0.39, 0.29) is 36.2 Å². The Morgan fingerprint density at radius 2 is 1.32 bits per heavy atom. The summed E-state index contributed by atoms with van der Waals surface area (Å²) in [5.74, 6) is -1.10. The number of aromatic nitrogens is 1. The molecule has 0 aliphatic heterocycles. The second-order valence-corrected chi connectivity index (χ2v) is 8.70. The summed E-state index contributed by atoms with van der Waals surface area (Å²) in [4.78, 5) is 27.1. The first-order chi connectivity index (χ1) is 16.4. The predicted octanol–water partition coefficient (Wildman–Crippen LogP) is 5.94. The van der Waals surface area contributed by atoms with Gasteiger partial charge in [-0.25, -0.2) is 4.39 Å². The molecular weight excluding hydrogens is 548 g/mol. The van der Waals surface area contributed by atoms with Crippen molar-refractivity contribution in [2.24, 2.45) is 11.8 Å². The summed E-state index contributed by atoms with van der Waals surface area (Å²) in [6.45, 7) is 4.29. The van der Waals surface area contributed by atoms with Crippen molar-refractivity contribution in [1.29, 1.82) is 0 Å². The maximum absolute atomic E-state index is 12.7. The second-order valence-electron chi connectivity index (χ2n) is 7.81. The summed E-state index contributed by atoms with van der Waals surface area (Å²) >= 11 is 2.18. The van der Waals surface area contributed by atoms with Gasteiger partial charge < -0.3 is 9.47 Å². The van der Waals surface area contributed by atoms with Crippen LogP contribution in [-0.4, -0.2) is 21.4 Å². The van der Waals surface area contributed by atoms with E-state index in [1.165, 1.54) is 6.07 Å². The standard InChI is InChI=1S/C16H16FNO2.C11H13IO2/c1-12(9-15-8-7-14(17)10-18-15)16(19)20-11-13-5-3-2-4-6-13;1-9(7-12)11(13)14-8-10-5-3-2-4-6-10/h2-8,10,12H,9,11H2,1H3;2-6,9H,7-8H2,1H3/t12-;9-/m00/s1. The Balaban J connectivity index is 0.000000257. The lowest BCUT2D eigenvalue weighted by Gasteiger charge is -2.11. The summed E-state index contributed by atoms with van der Waals surface area (Å²) in [7, 11) is 0. The highest BCUT2D eigenvalue weighted by molar-refractivity contribution is 14.1. The molecule has 0 saturated carbocycles. The van der Waals surface area contributed by atoms with E-state index in [0.29, 0.717) is 18.7 Å². The number of rotatable bonds is 9. The minimum Gasteiger partial charge on any atom is -0.461 e. The van der Waals surface area contributed by atoms with Gasteiger partial charge in [-0.1, -0.05) is 97.1 Å². The number of nitrogens with zero attached hydrogens (tertiary/aromatic N) is 1. The first-order valence-electron chi connectivity index (χ1n) is 11.0. The van der Waals surface area contributed by atoms with E-state index in [1.54, 1.807) is 13.0 Å². The number of ether oxygens (including phenoxy) is 2. The van der Waals surface area contributed by atoms with E-state index >= 15 is 0 Å². The van der Waals surface area contributed by atoms with Crippen LogP contribution < -0.4 is 0 Å². The van der Waals surface area contributed by atoms with Crippen LogP contribution >= 0.6 is 22.6 Å². The van der Waals surface area contributed by atoms with Crippen molar-refractivity contribution in [2.75, 3.05) is 4.43 Å². The summed E-state index contributed by atoms with van der Waals surface area (Å²) < 4.78 is 23.9. The number of hydrogen-bond donors (Lipinski definition) is 0. The fraction of sp³-hybridized carbons (Fsp3) is 0.296. The van der Waals surface area contributed by atoms with Crippen LogP contribution in [0.5, 0.6) is 0 Å². The fourth-order valence-electron chi connectivity index (χ4n) is 2.73. The number of esters is 2. The number of carbonyl (C=O) groups excluding carboxylic acids is 2. The molecule has 0 spiro atoms. The van der Waals surface area contributed by atoms with E-state index in [2.05, 4.69) is 27.6 Å². The van der Waals surface area contributed by atoms with Crippen molar-refractivity contribution in [3.05, 3.63) is 102 Å². The minimum absolute atomic E-state index is 0.0145. The second kappa shape index (κ2) is 15.2. The largest absolute Gasteiger partial charge is 0.461 e. The Bertz CT molecular complexity index is 1000. The van der Waals surface area contributed by atoms with E-state index in [9.17, 15) is 14.0 Å². The van der Waals surface area contributed by atoms with Crippen molar-refractivity contribution in [3.8, 4) is 0 Å². The van der Waals surface area contributed by atoms with Crippen LogP contribution in [0, 0.1) is 17.7 Å². The molecule has 0 unspecified atom stereocenters. The molecule has 5 nitrogen and oxygen atoms in total. The molecule has 7 heteroatoms. The molecule has 2 atom stereocenters. The molecular formula is C27H29FINO4. The molecule has 0 saturated heterocycles. The maximum Gasteiger partial charge on any atom is 0.309 e. The molecule has 180 valence electrons. The van der Waals surface area contributed by atoms with Gasteiger partial charge in [0.1, 0.15) is 19.0 Å². The van der Waals surface area contributed by atoms with Gasteiger partial charge >= 0.3 is 11.9 Å². The number of halogens is 2. The Morgan fingerprint density at radius 3 is 1.76 bits per heavy atom. The highest BCUT2D eigenvalue weighted by atomic mass is 127. The molecule has 3 aromatic rings. The molecule has 0 bridgehead atoms. The van der Waals surface area contributed by atoms with Crippen LogP contribution in [0.3, 0.4) is 0 Å². The molecule has 0 aliphatic rings. The van der Waals surface area contributed by atoms with Crippen molar-refractivity contribution in [3.63, 3.8) is 0 Å². The number of pyridine rings is 1. The average molecular weight is 577 g/mol. The minimum atomic E-state index is -0.381. The number of benzene rings is 2. The summed E-state index contributed by atoms with van der Waals surface area (Å²) in [6, 6.07) is 22.1. The lowest BCUT2D eigenvalue weighted by molar-refractivity contribution is -0.149. The molecule has 1 heterocycles. The first kappa shape index (κ1) is 27.4. The highest BCUT2D eigenvalue weighted by Crippen LogP contribution is 2.11. The molecule has 0 aliphatic carbocycles. The van der Waals surface area contributed by atoms with Gasteiger partial charge in [0.15, 0.2) is 0 Å². The molecule has 2 aromatic carbocycles. The topological polar surface area (TPSA) is 65.5 Å². The third-order valence-corrected chi connectivity index (χ3v) is 6.11. The quantitative estimate of drug-likeness (QED) is 0.179. The molecule has 1 aromatic heterocycles. The van der Waals surface area contributed by atoms with Crippen molar-refractivity contribution in [2.45, 2.75) is 33.5 Å². The van der Waals surface area contributed by atoms with Crippen LogP contribution in [0.25, 0.3) is 0 Å². The summed E-state index contributed by atoms with van der Waals surface area (Å²) in [5.41, 5.74) is 2.66. The average Bonchev–Trinajstić information content (AvgIpc) is 2.88. The summed E-state index contributed by atoms with van der Waals surface area (Å²) in [5, 5.41) is 0.